The van der Waals surface area contributed by atoms with Crippen LogP contribution in [0.15, 0.2) is 24.3 Å². The van der Waals surface area contributed by atoms with Crippen molar-refractivity contribution in [3.8, 4) is 0 Å². The van der Waals surface area contributed by atoms with Crippen LogP contribution in [0.4, 0.5) is 10.1 Å². The van der Waals surface area contributed by atoms with Gasteiger partial charge in [-0.25, -0.2) is 4.39 Å². The largest absolute Gasteiger partial charge is 0.379 e. The molecule has 2 N–H and O–H groups in total. The summed E-state index contributed by atoms with van der Waals surface area (Å²) in [6.45, 7) is 8.86. The molecule has 7 nitrogen and oxygen atoms in total. The molecule has 1 aliphatic heterocycles. The number of amides is 2. The fourth-order valence-corrected chi connectivity index (χ4v) is 2.92. The van der Waals surface area contributed by atoms with Crippen LogP contribution in [-0.2, 0) is 14.3 Å². The Morgan fingerprint density at radius 3 is 2.18 bits per heavy atom. The molecule has 1 aliphatic rings. The highest BCUT2D eigenvalue weighted by atomic mass is 19.1. The summed E-state index contributed by atoms with van der Waals surface area (Å²) >= 11 is 0. The van der Waals surface area contributed by atoms with Crippen LogP contribution in [0.25, 0.3) is 0 Å². The Bertz CT molecular complexity index is 616. The third-order valence-electron chi connectivity index (χ3n) is 4.42. The first kappa shape index (κ1) is 22.3. The minimum Gasteiger partial charge on any atom is -0.379 e. The van der Waals surface area contributed by atoms with E-state index in [0.29, 0.717) is 25.4 Å². The first-order valence-electron chi connectivity index (χ1n) is 9.81. The number of carbonyl (C=O) groups is 2. The van der Waals surface area contributed by atoms with Gasteiger partial charge in [0.15, 0.2) is 0 Å². The molecule has 0 bridgehead atoms. The van der Waals surface area contributed by atoms with Crippen molar-refractivity contribution in [2.45, 2.75) is 26.4 Å². The number of piperazine rings is 1. The van der Waals surface area contributed by atoms with Gasteiger partial charge < -0.3 is 15.4 Å². The van der Waals surface area contributed by atoms with E-state index in [0.717, 1.165) is 32.6 Å². The summed E-state index contributed by atoms with van der Waals surface area (Å²) in [7, 11) is 0. The maximum atomic E-state index is 12.9. The van der Waals surface area contributed by atoms with Crippen LogP contribution in [0.2, 0.25) is 0 Å². The number of hydrogen-bond donors (Lipinski definition) is 2. The van der Waals surface area contributed by atoms with Crippen LogP contribution in [0, 0.1) is 5.82 Å². The molecule has 8 heteroatoms. The minimum absolute atomic E-state index is 0.0204. The molecule has 0 aromatic heterocycles. The number of carbonyl (C=O) groups excluding carboxylic acids is 2. The van der Waals surface area contributed by atoms with Crippen LogP contribution < -0.4 is 10.6 Å². The predicted octanol–water partition coefficient (Wildman–Crippen LogP) is 1.31. The molecule has 1 aromatic carbocycles. The van der Waals surface area contributed by atoms with E-state index >= 15 is 0 Å². The summed E-state index contributed by atoms with van der Waals surface area (Å²) in [6.07, 6.45) is 1.02. The Balaban J connectivity index is 1.58. The summed E-state index contributed by atoms with van der Waals surface area (Å²) in [4.78, 5) is 28.2. The molecule has 0 unspecified atom stereocenters. The average Bonchev–Trinajstić information content (AvgIpc) is 2.64. The lowest BCUT2D eigenvalue weighted by molar-refractivity contribution is -0.123. The Morgan fingerprint density at radius 1 is 1.04 bits per heavy atom. The van der Waals surface area contributed by atoms with E-state index in [4.69, 9.17) is 4.74 Å². The third kappa shape index (κ3) is 8.77. The quantitative estimate of drug-likeness (QED) is 0.586. The lowest BCUT2D eigenvalue weighted by Gasteiger charge is -2.33. The van der Waals surface area contributed by atoms with Crippen molar-refractivity contribution in [2.24, 2.45) is 0 Å². The Morgan fingerprint density at radius 2 is 1.61 bits per heavy atom. The molecule has 0 radical (unpaired) electrons. The molecule has 2 rings (SSSR count). The normalized spacial score (nSPS) is 15.6. The van der Waals surface area contributed by atoms with Gasteiger partial charge in [0.05, 0.1) is 19.2 Å². The second kappa shape index (κ2) is 11.7. The zero-order valence-electron chi connectivity index (χ0n) is 16.7. The number of nitrogens with zero attached hydrogens (tertiary/aromatic N) is 2. The lowest BCUT2D eigenvalue weighted by Crippen LogP contribution is -2.51. The molecular weight excluding hydrogens is 363 g/mol. The number of benzene rings is 1. The van der Waals surface area contributed by atoms with Crippen LogP contribution in [-0.4, -0.2) is 80.1 Å². The van der Waals surface area contributed by atoms with Gasteiger partial charge in [-0.1, -0.05) is 0 Å². The van der Waals surface area contributed by atoms with Gasteiger partial charge in [0.25, 0.3) is 0 Å². The van der Waals surface area contributed by atoms with Gasteiger partial charge in [-0.05, 0) is 44.5 Å². The third-order valence-corrected chi connectivity index (χ3v) is 4.42. The van der Waals surface area contributed by atoms with Crippen molar-refractivity contribution in [3.05, 3.63) is 30.1 Å². The summed E-state index contributed by atoms with van der Waals surface area (Å²) in [5.74, 6) is -0.435. The van der Waals surface area contributed by atoms with Gasteiger partial charge in [0, 0.05) is 45.0 Å². The van der Waals surface area contributed by atoms with Crippen molar-refractivity contribution in [1.82, 2.24) is 15.1 Å². The molecule has 156 valence electrons. The van der Waals surface area contributed by atoms with E-state index in [1.54, 1.807) is 12.1 Å². The summed E-state index contributed by atoms with van der Waals surface area (Å²) in [5, 5.41) is 5.68. The van der Waals surface area contributed by atoms with Gasteiger partial charge >= 0.3 is 0 Å². The Kier molecular flexibility index (Phi) is 9.33. The molecule has 0 aliphatic carbocycles. The predicted molar refractivity (Wildman–Crippen MR) is 107 cm³/mol. The van der Waals surface area contributed by atoms with Gasteiger partial charge in [-0.15, -0.1) is 0 Å². The average molecular weight is 394 g/mol. The van der Waals surface area contributed by atoms with E-state index in [1.807, 2.05) is 13.8 Å². The maximum absolute atomic E-state index is 12.9. The molecule has 28 heavy (non-hydrogen) atoms. The van der Waals surface area contributed by atoms with E-state index < -0.39 is 0 Å². The van der Waals surface area contributed by atoms with Crippen molar-refractivity contribution in [1.29, 1.82) is 0 Å². The monoisotopic (exact) mass is 394 g/mol. The van der Waals surface area contributed by atoms with Crippen LogP contribution in [0.5, 0.6) is 0 Å². The zero-order valence-corrected chi connectivity index (χ0v) is 16.7. The number of halogens is 1. The molecule has 1 heterocycles. The second-order valence-electron chi connectivity index (χ2n) is 7.23. The fourth-order valence-electron chi connectivity index (χ4n) is 2.92. The SMILES string of the molecule is CC(C)OCCCNC(=O)CN1CCN(CC(=O)Nc2ccc(F)cc2)CC1. The summed E-state index contributed by atoms with van der Waals surface area (Å²) in [5.41, 5.74) is 0.584. The molecule has 2 amide bonds. The topological polar surface area (TPSA) is 73.9 Å². The number of hydrogen-bond acceptors (Lipinski definition) is 5. The number of anilines is 1. The number of ether oxygens (including phenoxy) is 1. The second-order valence-corrected chi connectivity index (χ2v) is 7.23. The molecule has 0 atom stereocenters. The maximum Gasteiger partial charge on any atom is 0.238 e. The van der Waals surface area contributed by atoms with E-state index in [1.165, 1.54) is 12.1 Å². The molecule has 1 fully saturated rings. The molecular formula is C20H31FN4O3. The van der Waals surface area contributed by atoms with Crippen LogP contribution in [0.1, 0.15) is 20.3 Å². The minimum atomic E-state index is -0.331. The first-order chi connectivity index (χ1) is 13.4. The molecule has 0 saturated carbocycles. The fraction of sp³-hybridized carbons (Fsp3) is 0.600. The number of nitrogens with one attached hydrogen (secondary N) is 2. The van der Waals surface area contributed by atoms with Gasteiger partial charge in [0.2, 0.25) is 11.8 Å². The highest BCUT2D eigenvalue weighted by molar-refractivity contribution is 5.92. The van der Waals surface area contributed by atoms with Gasteiger partial charge in [0.1, 0.15) is 5.82 Å². The Hall–Kier alpha value is -2.03. The van der Waals surface area contributed by atoms with Crippen LogP contribution >= 0.6 is 0 Å². The standard InChI is InChI=1S/C20H31FN4O3/c1-16(2)28-13-3-8-22-19(26)14-24-9-11-25(12-10-24)15-20(27)23-18-6-4-17(21)5-7-18/h4-7,16H,3,8-15H2,1-2H3,(H,22,26)(H,23,27). The van der Waals surface area contributed by atoms with Crippen molar-refractivity contribution >= 4 is 17.5 Å². The van der Waals surface area contributed by atoms with E-state index in [-0.39, 0.29) is 30.3 Å². The molecule has 0 spiro atoms. The molecule has 1 aromatic rings. The van der Waals surface area contributed by atoms with E-state index in [2.05, 4.69) is 20.4 Å². The van der Waals surface area contributed by atoms with E-state index in [9.17, 15) is 14.0 Å². The van der Waals surface area contributed by atoms with Gasteiger partial charge in [-0.3, -0.25) is 19.4 Å². The summed E-state index contributed by atoms with van der Waals surface area (Å²) in [6, 6.07) is 5.71. The van der Waals surface area contributed by atoms with Crippen LogP contribution in [0.3, 0.4) is 0 Å². The van der Waals surface area contributed by atoms with Gasteiger partial charge in [-0.2, -0.15) is 0 Å². The Labute approximate surface area is 166 Å². The first-order valence-corrected chi connectivity index (χ1v) is 9.81. The molecule has 1 saturated heterocycles. The number of rotatable bonds is 10. The van der Waals surface area contributed by atoms with Crippen molar-refractivity contribution in [3.63, 3.8) is 0 Å². The summed E-state index contributed by atoms with van der Waals surface area (Å²) < 4.78 is 18.3. The zero-order chi connectivity index (χ0) is 20.4. The van der Waals surface area contributed by atoms with Crippen molar-refractivity contribution < 1.29 is 18.7 Å². The highest BCUT2D eigenvalue weighted by Gasteiger charge is 2.20. The lowest BCUT2D eigenvalue weighted by atomic mass is 10.3. The highest BCUT2D eigenvalue weighted by Crippen LogP contribution is 2.08. The van der Waals surface area contributed by atoms with Crippen molar-refractivity contribution in [2.75, 3.05) is 57.7 Å². The smallest absolute Gasteiger partial charge is 0.238 e.